The molecule has 0 aromatic heterocycles. The van der Waals surface area contributed by atoms with E-state index in [1.165, 1.54) is 103 Å². The first kappa shape index (κ1) is 56.4. The smallest absolute Gasteiger partial charge is 0.306 e. The van der Waals surface area contributed by atoms with Gasteiger partial charge in [0.1, 0.15) is 13.2 Å². The number of hydrogen-bond donors (Lipinski definition) is 0. The van der Waals surface area contributed by atoms with Gasteiger partial charge in [0.15, 0.2) is 6.10 Å². The number of carbonyl (C=O) groups excluding carboxylic acids is 3. The van der Waals surface area contributed by atoms with Crippen LogP contribution < -0.4 is 0 Å². The van der Waals surface area contributed by atoms with Gasteiger partial charge < -0.3 is 14.2 Å². The summed E-state index contributed by atoms with van der Waals surface area (Å²) < 4.78 is 16.7. The lowest BCUT2D eigenvalue weighted by Crippen LogP contribution is -2.30. The first-order valence-corrected chi connectivity index (χ1v) is 25.1. The topological polar surface area (TPSA) is 78.9 Å². The molecule has 0 aromatic carbocycles. The van der Waals surface area contributed by atoms with E-state index in [0.717, 1.165) is 109 Å². The van der Waals surface area contributed by atoms with E-state index in [9.17, 15) is 14.4 Å². The molecule has 0 N–H and O–H groups in total. The molecule has 0 spiro atoms. The summed E-state index contributed by atoms with van der Waals surface area (Å²) in [5.41, 5.74) is 0. The summed E-state index contributed by atoms with van der Waals surface area (Å²) >= 11 is 0. The lowest BCUT2D eigenvalue weighted by molar-refractivity contribution is -0.167. The van der Waals surface area contributed by atoms with Crippen LogP contribution in [0.15, 0.2) is 48.6 Å². The van der Waals surface area contributed by atoms with Crippen molar-refractivity contribution in [2.75, 3.05) is 13.2 Å². The highest BCUT2D eigenvalue weighted by Gasteiger charge is 2.19. The number of ether oxygens (including phenoxy) is 3. The van der Waals surface area contributed by atoms with Crippen molar-refractivity contribution in [2.24, 2.45) is 0 Å². The van der Waals surface area contributed by atoms with Gasteiger partial charge in [0.25, 0.3) is 0 Å². The van der Waals surface area contributed by atoms with Crippen LogP contribution in [0.1, 0.15) is 252 Å². The highest BCUT2D eigenvalue weighted by Crippen LogP contribution is 2.14. The number of hydrogen-bond acceptors (Lipinski definition) is 6. The molecule has 0 bridgehead atoms. The van der Waals surface area contributed by atoms with Gasteiger partial charge in [0.05, 0.1) is 0 Å². The molecule has 1 unspecified atom stereocenters. The van der Waals surface area contributed by atoms with Gasteiger partial charge in [-0.05, 0) is 96.3 Å². The van der Waals surface area contributed by atoms with Gasteiger partial charge >= 0.3 is 17.9 Å². The summed E-state index contributed by atoms with van der Waals surface area (Å²) in [6.07, 6.45) is 56.7. The molecule has 6 heteroatoms. The Morgan fingerprint density at radius 2 is 0.661 bits per heavy atom. The first-order valence-electron chi connectivity index (χ1n) is 25.1. The van der Waals surface area contributed by atoms with Crippen molar-refractivity contribution in [3.05, 3.63) is 48.6 Å². The monoisotopic (exact) mass is 827 g/mol. The summed E-state index contributed by atoms with van der Waals surface area (Å²) in [6, 6.07) is 0. The second kappa shape index (κ2) is 48.0. The molecule has 0 aliphatic rings. The van der Waals surface area contributed by atoms with E-state index in [1.807, 2.05) is 0 Å². The van der Waals surface area contributed by atoms with E-state index in [-0.39, 0.29) is 31.1 Å². The van der Waals surface area contributed by atoms with E-state index in [0.29, 0.717) is 19.3 Å². The Kier molecular flexibility index (Phi) is 45.9. The van der Waals surface area contributed by atoms with E-state index >= 15 is 0 Å². The van der Waals surface area contributed by atoms with E-state index in [4.69, 9.17) is 14.2 Å². The Bertz CT molecular complexity index is 1040. The van der Waals surface area contributed by atoms with Crippen LogP contribution in [-0.4, -0.2) is 37.2 Å². The Morgan fingerprint density at radius 1 is 0.356 bits per heavy atom. The molecule has 0 radical (unpaired) electrons. The lowest BCUT2D eigenvalue weighted by atomic mass is 10.1. The molecule has 0 saturated heterocycles. The largest absolute Gasteiger partial charge is 0.462 e. The third kappa shape index (κ3) is 46.3. The maximum atomic E-state index is 12.8. The molecular formula is C53H94O6. The van der Waals surface area contributed by atoms with Gasteiger partial charge in [0.2, 0.25) is 0 Å². The summed E-state index contributed by atoms with van der Waals surface area (Å²) in [5.74, 6) is -0.923. The van der Waals surface area contributed by atoms with Crippen molar-refractivity contribution in [3.63, 3.8) is 0 Å². The highest BCUT2D eigenvalue weighted by molar-refractivity contribution is 5.71. The quantitative estimate of drug-likeness (QED) is 0.0263. The predicted molar refractivity (Wildman–Crippen MR) is 252 cm³/mol. The number of rotatable bonds is 45. The molecule has 0 aliphatic heterocycles. The van der Waals surface area contributed by atoms with Crippen molar-refractivity contribution >= 4 is 17.9 Å². The maximum absolute atomic E-state index is 12.8. The van der Waals surface area contributed by atoms with Gasteiger partial charge in [-0.1, -0.05) is 185 Å². The molecule has 6 nitrogen and oxygen atoms in total. The number of unbranched alkanes of at least 4 members (excludes halogenated alkanes) is 26. The minimum Gasteiger partial charge on any atom is -0.462 e. The normalized spacial score (nSPS) is 12.4. The number of carbonyl (C=O) groups is 3. The molecule has 0 rings (SSSR count). The zero-order chi connectivity index (χ0) is 43.0. The van der Waals surface area contributed by atoms with Crippen molar-refractivity contribution in [2.45, 2.75) is 258 Å². The average molecular weight is 827 g/mol. The summed E-state index contributed by atoms with van der Waals surface area (Å²) in [5, 5.41) is 0. The van der Waals surface area contributed by atoms with Gasteiger partial charge in [0, 0.05) is 19.3 Å². The highest BCUT2D eigenvalue weighted by atomic mass is 16.6. The van der Waals surface area contributed by atoms with Crippen molar-refractivity contribution in [1.82, 2.24) is 0 Å². The molecule has 1 atom stereocenters. The third-order valence-electron chi connectivity index (χ3n) is 10.8. The molecule has 0 aliphatic carbocycles. The number of allylic oxidation sites excluding steroid dienone is 8. The second-order valence-corrected chi connectivity index (χ2v) is 16.7. The molecule has 0 amide bonds. The molecule has 59 heavy (non-hydrogen) atoms. The van der Waals surface area contributed by atoms with Gasteiger partial charge in [-0.2, -0.15) is 0 Å². The summed E-state index contributed by atoms with van der Waals surface area (Å²) in [6.45, 7) is 6.49. The van der Waals surface area contributed by atoms with E-state index < -0.39 is 6.10 Å². The molecule has 0 saturated carbocycles. The van der Waals surface area contributed by atoms with Crippen LogP contribution in [0.5, 0.6) is 0 Å². The maximum Gasteiger partial charge on any atom is 0.306 e. The fraction of sp³-hybridized carbons (Fsp3) is 0.792. The Hall–Kier alpha value is -2.63. The number of esters is 3. The van der Waals surface area contributed by atoms with Crippen molar-refractivity contribution < 1.29 is 28.6 Å². The Balaban J connectivity index is 4.40. The van der Waals surface area contributed by atoms with Crippen molar-refractivity contribution in [1.29, 1.82) is 0 Å². The molecular weight excluding hydrogens is 733 g/mol. The lowest BCUT2D eigenvalue weighted by Gasteiger charge is -2.18. The van der Waals surface area contributed by atoms with Crippen molar-refractivity contribution in [3.8, 4) is 0 Å². The van der Waals surface area contributed by atoms with Crippen LogP contribution in [0.4, 0.5) is 0 Å². The van der Waals surface area contributed by atoms with Gasteiger partial charge in [-0.15, -0.1) is 0 Å². The minimum absolute atomic E-state index is 0.0875. The molecule has 0 fully saturated rings. The molecule has 342 valence electrons. The van der Waals surface area contributed by atoms with E-state index in [2.05, 4.69) is 69.4 Å². The second-order valence-electron chi connectivity index (χ2n) is 16.7. The Labute approximate surface area is 365 Å². The SMILES string of the molecule is CC/C=C\C/C=C\CCCCCCCC(=O)OCC(COC(=O)CCCCCCC/C=C\CCCCCCCCC)OC(=O)CCCCC/C=C\CCCCCCCC. The van der Waals surface area contributed by atoms with Crippen LogP contribution in [0.25, 0.3) is 0 Å². The summed E-state index contributed by atoms with van der Waals surface area (Å²) in [4.78, 5) is 37.9. The molecule has 0 heterocycles. The van der Waals surface area contributed by atoms with Gasteiger partial charge in [-0.3, -0.25) is 14.4 Å². The van der Waals surface area contributed by atoms with Crippen LogP contribution >= 0.6 is 0 Å². The standard InChI is InChI=1S/C53H94O6/c1-4-7-10-13-16-19-22-25-26-27-29-31-34-37-40-43-46-52(55)58-49-50(48-57-51(54)45-42-39-36-33-30-24-21-18-15-12-9-6-3)59-53(56)47-44-41-38-35-32-28-23-20-17-14-11-8-5-2/h9,12,18,21,26-28,32,50H,4-8,10-11,13-17,19-20,22-25,29-31,33-49H2,1-3H3/b12-9-,21-18-,27-26-,32-28-. The first-order chi connectivity index (χ1) is 29.0. The molecule has 0 aromatic rings. The van der Waals surface area contributed by atoms with Crippen LogP contribution in [0.3, 0.4) is 0 Å². The predicted octanol–water partition coefficient (Wildman–Crippen LogP) is 16.3. The van der Waals surface area contributed by atoms with Crippen LogP contribution in [0, 0.1) is 0 Å². The minimum atomic E-state index is -0.787. The summed E-state index contributed by atoms with van der Waals surface area (Å²) in [7, 11) is 0. The van der Waals surface area contributed by atoms with E-state index in [1.54, 1.807) is 0 Å². The average Bonchev–Trinajstić information content (AvgIpc) is 3.23. The van der Waals surface area contributed by atoms with Crippen LogP contribution in [-0.2, 0) is 28.6 Å². The van der Waals surface area contributed by atoms with Crippen LogP contribution in [0.2, 0.25) is 0 Å². The Morgan fingerprint density at radius 3 is 1.05 bits per heavy atom. The van der Waals surface area contributed by atoms with Gasteiger partial charge in [-0.25, -0.2) is 0 Å². The third-order valence-corrected chi connectivity index (χ3v) is 10.8. The zero-order valence-corrected chi connectivity index (χ0v) is 39.0. The fourth-order valence-electron chi connectivity index (χ4n) is 7.00. The fourth-order valence-corrected chi connectivity index (χ4v) is 7.00. The zero-order valence-electron chi connectivity index (χ0n) is 39.0.